The van der Waals surface area contributed by atoms with Crippen LogP contribution in [0.4, 0.5) is 0 Å². The Balaban J connectivity index is 1.56. The first-order valence-corrected chi connectivity index (χ1v) is 9.14. The van der Waals surface area contributed by atoms with Gasteiger partial charge in [-0.1, -0.05) is 0 Å². The molecule has 0 aliphatic heterocycles. The third-order valence-corrected chi connectivity index (χ3v) is 5.21. The number of aromatic nitrogens is 4. The smallest absolute Gasteiger partial charge is 0.240 e. The molecule has 3 aromatic rings. The largest absolute Gasteiger partial charge is 0.368 e. The van der Waals surface area contributed by atoms with Crippen LogP contribution in [0.3, 0.4) is 0 Å². The van der Waals surface area contributed by atoms with Crippen molar-refractivity contribution in [3.05, 3.63) is 35.3 Å². The summed E-state index contributed by atoms with van der Waals surface area (Å²) in [6.45, 7) is 3.91. The highest BCUT2D eigenvalue weighted by Gasteiger charge is 2.35. The van der Waals surface area contributed by atoms with Crippen LogP contribution in [0.25, 0.3) is 16.7 Å². The summed E-state index contributed by atoms with van der Waals surface area (Å²) in [4.78, 5) is 32.8. The number of rotatable bonds is 6. The van der Waals surface area contributed by atoms with Crippen molar-refractivity contribution >= 4 is 28.5 Å². The molecular weight excluding hydrogens is 344 g/mol. The second kappa shape index (κ2) is 6.61. The van der Waals surface area contributed by atoms with E-state index < -0.39 is 11.9 Å². The van der Waals surface area contributed by atoms with Crippen molar-refractivity contribution in [3.8, 4) is 0 Å². The normalized spacial score (nSPS) is 15.2. The number of carbonyl (C=O) groups excluding carboxylic acids is 2. The van der Waals surface area contributed by atoms with Gasteiger partial charge >= 0.3 is 0 Å². The molecule has 1 atom stereocenters. The fraction of sp³-hybridized carbons (Fsp3) is 0.421. The molecule has 0 spiro atoms. The molecule has 8 nitrogen and oxygen atoms in total. The van der Waals surface area contributed by atoms with Gasteiger partial charge in [0.25, 0.3) is 0 Å². The van der Waals surface area contributed by atoms with Crippen molar-refractivity contribution in [3.63, 3.8) is 0 Å². The third kappa shape index (κ3) is 3.22. The highest BCUT2D eigenvalue weighted by atomic mass is 16.2. The molecule has 1 unspecified atom stereocenters. The van der Waals surface area contributed by atoms with Crippen molar-refractivity contribution in [1.29, 1.82) is 0 Å². The molecule has 3 N–H and O–H groups in total. The monoisotopic (exact) mass is 366 g/mol. The van der Waals surface area contributed by atoms with E-state index in [4.69, 9.17) is 5.73 Å². The van der Waals surface area contributed by atoms with Gasteiger partial charge in [0.1, 0.15) is 6.04 Å². The lowest BCUT2D eigenvalue weighted by Crippen LogP contribution is -2.46. The molecule has 140 valence electrons. The second-order valence-corrected chi connectivity index (χ2v) is 7.16. The number of pyridine rings is 1. The number of nitrogens with one attached hydrogen (secondary N) is 1. The van der Waals surface area contributed by atoms with E-state index in [0.717, 1.165) is 40.8 Å². The molecule has 27 heavy (non-hydrogen) atoms. The standard InChI is InChI=1S/C19H22N6O2/c1-10-13(7-8-15(26)23-16(17(20)27)12-5-6-12)11(2)25-19(22-10)14-4-3-9-21-18(14)24-25/h3-4,9,12,16H,5-8H2,1-2H3,(H2,20,27)(H,23,26). The van der Waals surface area contributed by atoms with E-state index >= 15 is 0 Å². The molecule has 0 aromatic carbocycles. The van der Waals surface area contributed by atoms with Crippen LogP contribution in [-0.4, -0.2) is 37.4 Å². The summed E-state index contributed by atoms with van der Waals surface area (Å²) in [7, 11) is 0. The Kier molecular flexibility index (Phi) is 4.25. The summed E-state index contributed by atoms with van der Waals surface area (Å²) in [6.07, 6.45) is 4.37. The zero-order valence-corrected chi connectivity index (χ0v) is 15.4. The molecule has 4 rings (SSSR count). The first kappa shape index (κ1) is 17.4. The van der Waals surface area contributed by atoms with Crippen LogP contribution in [0.2, 0.25) is 0 Å². The second-order valence-electron chi connectivity index (χ2n) is 7.16. The molecular formula is C19H22N6O2. The van der Waals surface area contributed by atoms with E-state index in [9.17, 15) is 9.59 Å². The number of primary amides is 1. The van der Waals surface area contributed by atoms with Gasteiger partial charge < -0.3 is 11.1 Å². The topological polar surface area (TPSA) is 115 Å². The maximum atomic E-state index is 12.3. The molecule has 0 saturated heterocycles. The van der Waals surface area contributed by atoms with E-state index in [1.807, 2.05) is 26.0 Å². The molecule has 1 aliphatic rings. The summed E-state index contributed by atoms with van der Waals surface area (Å²) in [6, 6.07) is 3.26. The zero-order valence-electron chi connectivity index (χ0n) is 15.4. The van der Waals surface area contributed by atoms with E-state index in [1.165, 1.54) is 0 Å². The van der Waals surface area contributed by atoms with Crippen molar-refractivity contribution < 1.29 is 9.59 Å². The minimum Gasteiger partial charge on any atom is -0.368 e. The van der Waals surface area contributed by atoms with Crippen LogP contribution < -0.4 is 11.1 Å². The van der Waals surface area contributed by atoms with Gasteiger partial charge in [0.15, 0.2) is 11.3 Å². The lowest BCUT2D eigenvalue weighted by molar-refractivity contribution is -0.127. The van der Waals surface area contributed by atoms with Crippen LogP contribution in [-0.2, 0) is 16.0 Å². The van der Waals surface area contributed by atoms with Crippen LogP contribution in [0.1, 0.15) is 36.2 Å². The number of fused-ring (bicyclic) bond motifs is 3. The van der Waals surface area contributed by atoms with E-state index in [-0.39, 0.29) is 18.2 Å². The Bertz CT molecular complexity index is 1050. The Morgan fingerprint density at radius 1 is 1.37 bits per heavy atom. The number of nitrogens with two attached hydrogens (primary N) is 1. The van der Waals surface area contributed by atoms with Crippen LogP contribution in [0.15, 0.2) is 18.3 Å². The Hall–Kier alpha value is -3.03. The molecule has 1 aliphatic carbocycles. The Morgan fingerprint density at radius 3 is 2.85 bits per heavy atom. The minimum absolute atomic E-state index is 0.170. The third-order valence-electron chi connectivity index (χ3n) is 5.21. The first-order chi connectivity index (χ1) is 13.0. The average Bonchev–Trinajstić information content (AvgIpc) is 3.40. The molecule has 3 heterocycles. The van der Waals surface area contributed by atoms with Crippen LogP contribution >= 0.6 is 0 Å². The van der Waals surface area contributed by atoms with E-state index in [1.54, 1.807) is 10.7 Å². The molecule has 8 heteroatoms. The highest BCUT2D eigenvalue weighted by molar-refractivity contribution is 5.90. The molecule has 2 amide bonds. The summed E-state index contributed by atoms with van der Waals surface area (Å²) < 4.78 is 1.79. The fourth-order valence-electron chi connectivity index (χ4n) is 3.56. The van der Waals surface area contributed by atoms with Gasteiger partial charge in [-0.05, 0) is 56.7 Å². The maximum absolute atomic E-state index is 12.3. The number of hydrogen-bond acceptors (Lipinski definition) is 5. The number of carbonyl (C=O) groups is 2. The fourth-order valence-corrected chi connectivity index (χ4v) is 3.56. The number of amides is 2. The lowest BCUT2D eigenvalue weighted by Gasteiger charge is -2.15. The number of hydrogen-bond donors (Lipinski definition) is 2. The van der Waals surface area contributed by atoms with Gasteiger partial charge in [0, 0.05) is 24.0 Å². The molecule has 3 aromatic heterocycles. The van der Waals surface area contributed by atoms with Crippen LogP contribution in [0.5, 0.6) is 0 Å². The zero-order chi connectivity index (χ0) is 19.1. The summed E-state index contributed by atoms with van der Waals surface area (Å²) in [5.41, 5.74) is 9.60. The van der Waals surface area contributed by atoms with Crippen molar-refractivity contribution in [2.45, 2.75) is 45.6 Å². The number of aryl methyl sites for hydroxylation is 2. The van der Waals surface area contributed by atoms with Gasteiger partial charge in [-0.3, -0.25) is 9.59 Å². The molecule has 0 bridgehead atoms. The summed E-state index contributed by atoms with van der Waals surface area (Å²) in [5, 5.41) is 8.21. The molecule has 1 saturated carbocycles. The Morgan fingerprint density at radius 2 is 2.15 bits per heavy atom. The van der Waals surface area contributed by atoms with Crippen molar-refractivity contribution in [2.24, 2.45) is 11.7 Å². The van der Waals surface area contributed by atoms with Gasteiger partial charge in [-0.2, -0.15) is 0 Å². The van der Waals surface area contributed by atoms with Gasteiger partial charge in [-0.15, -0.1) is 5.10 Å². The van der Waals surface area contributed by atoms with Crippen molar-refractivity contribution in [2.75, 3.05) is 0 Å². The average molecular weight is 366 g/mol. The molecule has 1 fully saturated rings. The van der Waals surface area contributed by atoms with Gasteiger partial charge in [0.2, 0.25) is 11.8 Å². The van der Waals surface area contributed by atoms with E-state index in [2.05, 4.69) is 20.4 Å². The SMILES string of the molecule is Cc1nc2c3cccnc3nn2c(C)c1CCC(=O)NC(C(N)=O)C1CC1. The van der Waals surface area contributed by atoms with Crippen molar-refractivity contribution in [1.82, 2.24) is 24.9 Å². The first-order valence-electron chi connectivity index (χ1n) is 9.14. The van der Waals surface area contributed by atoms with Gasteiger partial charge in [0.05, 0.1) is 5.39 Å². The summed E-state index contributed by atoms with van der Waals surface area (Å²) >= 11 is 0. The highest BCUT2D eigenvalue weighted by Crippen LogP contribution is 2.32. The number of nitrogens with zero attached hydrogens (tertiary/aromatic N) is 4. The maximum Gasteiger partial charge on any atom is 0.240 e. The predicted octanol–water partition coefficient (Wildman–Crippen LogP) is 1.21. The summed E-state index contributed by atoms with van der Waals surface area (Å²) in [5.74, 6) is -0.439. The molecule has 0 radical (unpaired) electrons. The Labute approximate surface area is 156 Å². The van der Waals surface area contributed by atoms with Gasteiger partial charge in [-0.25, -0.2) is 14.5 Å². The van der Waals surface area contributed by atoms with Crippen LogP contribution in [0, 0.1) is 19.8 Å². The lowest BCUT2D eigenvalue weighted by atomic mass is 10.1. The quantitative estimate of drug-likeness (QED) is 0.680. The minimum atomic E-state index is -0.553. The van der Waals surface area contributed by atoms with E-state index in [0.29, 0.717) is 12.1 Å². The predicted molar refractivity (Wildman–Crippen MR) is 99.9 cm³/mol.